The van der Waals surface area contributed by atoms with Gasteiger partial charge in [-0.25, -0.2) is 0 Å². The molecule has 0 bridgehead atoms. The number of nitrogens with one attached hydrogen (secondary N) is 7. The summed E-state index contributed by atoms with van der Waals surface area (Å²) in [6.45, 7) is 1.56. The number of nitrogens with two attached hydrogens (primary N) is 6. The third kappa shape index (κ3) is 20.3. The first-order chi connectivity index (χ1) is 39.4. The third-order valence-electron chi connectivity index (χ3n) is 13.1. The molecule has 25 heteroatoms. The molecule has 82 heavy (non-hydrogen) atoms. The van der Waals surface area contributed by atoms with Crippen LogP contribution in [-0.2, 0) is 19.2 Å². The lowest BCUT2D eigenvalue weighted by Crippen LogP contribution is -2.44. The molecule has 0 aliphatic heterocycles. The number of carbonyl (C=O) groups is 8. The van der Waals surface area contributed by atoms with Gasteiger partial charge >= 0.3 is 0 Å². The predicted molar refractivity (Wildman–Crippen MR) is 313 cm³/mol. The molecule has 4 rings (SSSR count). The van der Waals surface area contributed by atoms with Crippen molar-refractivity contribution < 1.29 is 57.3 Å². The summed E-state index contributed by atoms with van der Waals surface area (Å²) in [6.07, 6.45) is 6.19. The minimum atomic E-state index is -1.16. The fourth-order valence-electron chi connectivity index (χ4n) is 8.58. The van der Waals surface area contributed by atoms with Gasteiger partial charge in [-0.2, -0.15) is 0 Å². The maximum atomic E-state index is 14.2. The molecule has 0 heterocycles. The van der Waals surface area contributed by atoms with Gasteiger partial charge in [0.1, 0.15) is 41.1 Å². The molecule has 0 aliphatic carbocycles. The second-order valence-corrected chi connectivity index (χ2v) is 19.2. The molecule has 0 spiro atoms. The molecule has 4 aromatic rings. The van der Waals surface area contributed by atoms with Crippen molar-refractivity contribution in [3.8, 4) is 23.0 Å². The second kappa shape index (κ2) is 34.7. The van der Waals surface area contributed by atoms with Crippen LogP contribution in [0.1, 0.15) is 125 Å². The minimum Gasteiger partial charge on any atom is -0.496 e. The normalized spacial score (nSPS) is 12.3. The maximum absolute atomic E-state index is 14.2. The van der Waals surface area contributed by atoms with Gasteiger partial charge in [0.15, 0.2) is 0 Å². The van der Waals surface area contributed by atoms with Crippen LogP contribution in [0.2, 0.25) is 0 Å². The third-order valence-corrected chi connectivity index (χ3v) is 13.1. The number of unbranched alkanes of at least 4 members (excludes halogenated alkanes) is 5. The molecule has 0 radical (unpaired) electrons. The number of methoxy groups -OCH3 is 4. The number of hydrogen-bond acceptors (Lipinski definition) is 17. The number of primary amides is 1. The molecule has 1 unspecified atom stereocenters. The summed E-state index contributed by atoms with van der Waals surface area (Å²) < 4.78 is 21.7. The van der Waals surface area contributed by atoms with E-state index in [1.54, 1.807) is 0 Å². The van der Waals surface area contributed by atoms with Crippen LogP contribution in [0.3, 0.4) is 0 Å². The first-order valence-electron chi connectivity index (χ1n) is 27.2. The highest BCUT2D eigenvalue weighted by molar-refractivity contribution is 6.07. The van der Waals surface area contributed by atoms with Crippen molar-refractivity contribution in [3.63, 3.8) is 0 Å². The number of benzene rings is 4. The Bertz CT molecular complexity index is 2820. The summed E-state index contributed by atoms with van der Waals surface area (Å²) in [4.78, 5) is 109. The lowest BCUT2D eigenvalue weighted by Gasteiger charge is -2.22. The minimum absolute atomic E-state index is 0.0339. The largest absolute Gasteiger partial charge is 0.496 e. The van der Waals surface area contributed by atoms with E-state index >= 15 is 0 Å². The van der Waals surface area contributed by atoms with Gasteiger partial charge < -0.3 is 90.6 Å². The van der Waals surface area contributed by atoms with Gasteiger partial charge in [0, 0.05) is 22.6 Å². The zero-order valence-corrected chi connectivity index (χ0v) is 47.1. The van der Waals surface area contributed by atoms with Crippen LogP contribution in [0, 0.1) is 0 Å². The SMILES string of the molecule is COc1ccc(C(=O)N[C@@H](CCCCCN)C(=O)Nc2ccc(OC)c(C(=O)N[C@@H](CCCCN)C(=O)Nc3ccc(OC)c(C(=O)N[C@@H](CCCCN)C(=O)Nc4ccc(OC)c(C(N)=O)c4)c3)c2)cc1NC(=O)C(N)CCCCN. The number of carbonyl (C=O) groups excluding carboxylic acids is 8. The van der Waals surface area contributed by atoms with Gasteiger partial charge in [0.2, 0.25) is 23.6 Å². The predicted octanol–water partition coefficient (Wildman–Crippen LogP) is 3.20. The Morgan fingerprint density at radius 3 is 1.16 bits per heavy atom. The fourth-order valence-corrected chi connectivity index (χ4v) is 8.58. The van der Waals surface area contributed by atoms with Crippen LogP contribution >= 0.6 is 0 Å². The maximum Gasteiger partial charge on any atom is 0.255 e. The van der Waals surface area contributed by atoms with E-state index in [1.165, 1.54) is 101 Å². The van der Waals surface area contributed by atoms with Crippen LogP contribution < -0.4 is 90.6 Å². The number of rotatable bonds is 36. The molecule has 0 saturated heterocycles. The van der Waals surface area contributed by atoms with Crippen molar-refractivity contribution in [2.75, 3.05) is 75.9 Å². The Morgan fingerprint density at radius 1 is 0.402 bits per heavy atom. The quantitative estimate of drug-likeness (QED) is 0.0291. The molecule has 19 N–H and O–H groups in total. The summed E-state index contributed by atoms with van der Waals surface area (Å²) in [5.41, 5.74) is 35.3. The number of ether oxygens (including phenoxy) is 4. The van der Waals surface area contributed by atoms with Gasteiger partial charge in [-0.3, -0.25) is 38.4 Å². The zero-order chi connectivity index (χ0) is 60.1. The summed E-state index contributed by atoms with van der Waals surface area (Å²) in [5.74, 6) is -4.45. The van der Waals surface area contributed by atoms with Gasteiger partial charge in [0.25, 0.3) is 23.6 Å². The van der Waals surface area contributed by atoms with Gasteiger partial charge in [-0.1, -0.05) is 19.3 Å². The molecule has 0 aromatic heterocycles. The molecule has 446 valence electrons. The lowest BCUT2D eigenvalue weighted by atomic mass is 10.0. The van der Waals surface area contributed by atoms with Crippen LogP contribution in [-0.4, -0.2) is 126 Å². The van der Waals surface area contributed by atoms with Crippen LogP contribution in [0.5, 0.6) is 23.0 Å². The molecule has 25 nitrogen and oxygen atoms in total. The molecular formula is C57H81N13O12. The van der Waals surface area contributed by atoms with Crippen LogP contribution in [0.4, 0.5) is 22.7 Å². The number of hydrogen-bond donors (Lipinski definition) is 13. The Balaban J connectivity index is 1.55. The average Bonchev–Trinajstić information content (AvgIpc) is 3.56. The molecule has 0 saturated carbocycles. The summed E-state index contributed by atoms with van der Waals surface area (Å²) >= 11 is 0. The van der Waals surface area contributed by atoms with Crippen molar-refractivity contribution in [1.29, 1.82) is 0 Å². The first-order valence-corrected chi connectivity index (χ1v) is 27.2. The standard InChI is InChI=1S/C57H81N13O12/c1-79-46-23-19-35(31-38(46)50(63)71)64-56(77)43(16-8-12-28-60)68-52(73)40-33-37(21-25-48(40)81-3)66-57(78)44(17-9-13-29-61)69-53(74)39-32-36(20-24-47(39)80-2)65-55(76)42(15-6-5-10-26-58)67-51(72)34-18-22-49(82-4)45(30-34)70-54(75)41(62)14-7-11-27-59/h18-25,30-33,41-44H,5-17,26-29,58-62H2,1-4H3,(H2,63,71)(H,64,77)(H,65,76)(H,66,78)(H,67,72)(H,68,73)(H,69,74)(H,70,75)/t41?,42-,43-,44-/m0/s1. The summed E-state index contributed by atoms with van der Waals surface area (Å²) in [5, 5.41) is 19.4. The van der Waals surface area contributed by atoms with Crippen molar-refractivity contribution in [1.82, 2.24) is 16.0 Å². The van der Waals surface area contributed by atoms with Crippen molar-refractivity contribution in [2.45, 2.75) is 108 Å². The Labute approximate surface area is 477 Å². The van der Waals surface area contributed by atoms with Gasteiger partial charge in [-0.05, 0) is 163 Å². The van der Waals surface area contributed by atoms with E-state index < -0.39 is 71.4 Å². The van der Waals surface area contributed by atoms with E-state index in [1.807, 2.05) is 0 Å². The van der Waals surface area contributed by atoms with E-state index in [9.17, 15) is 38.4 Å². The Kier molecular flexibility index (Phi) is 28.0. The molecule has 4 aromatic carbocycles. The van der Waals surface area contributed by atoms with Crippen molar-refractivity contribution in [3.05, 3.63) is 95.1 Å². The molecular weight excluding hydrogens is 1060 g/mol. The summed E-state index contributed by atoms with van der Waals surface area (Å²) in [7, 11) is 5.49. The van der Waals surface area contributed by atoms with Gasteiger partial charge in [0.05, 0.1) is 56.9 Å². The van der Waals surface area contributed by atoms with Crippen molar-refractivity contribution >= 4 is 70.0 Å². The highest BCUT2D eigenvalue weighted by atomic mass is 16.5. The molecule has 8 amide bonds. The van der Waals surface area contributed by atoms with E-state index in [2.05, 4.69) is 37.2 Å². The van der Waals surface area contributed by atoms with E-state index in [4.69, 9.17) is 53.3 Å². The molecule has 4 atom stereocenters. The monoisotopic (exact) mass is 1140 g/mol. The van der Waals surface area contributed by atoms with Crippen molar-refractivity contribution in [2.24, 2.45) is 34.4 Å². The topological polar surface area (TPSA) is 414 Å². The summed E-state index contributed by atoms with van der Waals surface area (Å²) in [6, 6.07) is 13.3. The zero-order valence-electron chi connectivity index (χ0n) is 47.1. The lowest BCUT2D eigenvalue weighted by molar-refractivity contribution is -0.118. The Hall–Kier alpha value is -8.36. The molecule has 0 fully saturated rings. The van der Waals surface area contributed by atoms with E-state index in [0.717, 1.165) is 0 Å². The fraction of sp³-hybridized carbons (Fsp3) is 0.439. The number of anilines is 4. The van der Waals surface area contributed by atoms with E-state index in [-0.39, 0.29) is 87.3 Å². The van der Waals surface area contributed by atoms with Gasteiger partial charge in [-0.15, -0.1) is 0 Å². The second-order valence-electron chi connectivity index (χ2n) is 19.2. The van der Waals surface area contributed by atoms with Crippen LogP contribution in [0.25, 0.3) is 0 Å². The average molecular weight is 1140 g/mol. The first kappa shape index (κ1) is 66.2. The highest BCUT2D eigenvalue weighted by Gasteiger charge is 2.28. The smallest absolute Gasteiger partial charge is 0.255 e. The highest BCUT2D eigenvalue weighted by Crippen LogP contribution is 2.29. The van der Waals surface area contributed by atoms with E-state index in [0.29, 0.717) is 90.4 Å². The number of amides is 8. The molecule has 0 aliphatic rings. The van der Waals surface area contributed by atoms with Crippen LogP contribution in [0.15, 0.2) is 72.8 Å². The Morgan fingerprint density at radius 2 is 0.756 bits per heavy atom.